The van der Waals surface area contributed by atoms with E-state index in [0.29, 0.717) is 6.61 Å². The fourth-order valence-electron chi connectivity index (χ4n) is 3.10. The number of fused-ring (bicyclic) bond motifs is 1. The third-order valence-electron chi connectivity index (χ3n) is 4.25. The van der Waals surface area contributed by atoms with E-state index in [1.165, 1.54) is 48.0 Å². The molecule has 0 spiro atoms. The van der Waals surface area contributed by atoms with Gasteiger partial charge >= 0.3 is 0 Å². The van der Waals surface area contributed by atoms with Crippen LogP contribution in [0.3, 0.4) is 0 Å². The highest BCUT2D eigenvalue weighted by Crippen LogP contribution is 2.20. The van der Waals surface area contributed by atoms with Gasteiger partial charge in [0, 0.05) is 0 Å². The Balaban J connectivity index is 1.53. The van der Waals surface area contributed by atoms with Gasteiger partial charge in [0.1, 0.15) is 25.0 Å². The summed E-state index contributed by atoms with van der Waals surface area (Å²) < 4.78 is 5.75. The Morgan fingerprint density at radius 2 is 1.76 bits per heavy atom. The molecule has 1 fully saturated rings. The molecule has 0 aromatic heterocycles. The van der Waals surface area contributed by atoms with Crippen molar-refractivity contribution >= 4 is 10.8 Å². The summed E-state index contributed by atoms with van der Waals surface area (Å²) in [6.45, 7) is 3.55. The molecule has 2 aromatic carbocycles. The molecule has 3 rings (SSSR count). The van der Waals surface area contributed by atoms with E-state index in [1.807, 2.05) is 24.3 Å². The molecule has 21 heavy (non-hydrogen) atoms. The number of piperidine rings is 1. The van der Waals surface area contributed by atoms with E-state index in [4.69, 9.17) is 4.74 Å². The Kier molecular flexibility index (Phi) is 4.73. The number of aliphatic hydroxyl groups is 1. The van der Waals surface area contributed by atoms with Gasteiger partial charge in [-0.25, -0.2) is 0 Å². The Morgan fingerprint density at radius 1 is 1.00 bits per heavy atom. The molecular weight excluding hydrogens is 262 g/mol. The van der Waals surface area contributed by atoms with Crippen molar-refractivity contribution in [2.45, 2.75) is 25.4 Å². The number of benzene rings is 2. The Labute approximate surface area is 126 Å². The van der Waals surface area contributed by atoms with Gasteiger partial charge in [-0.3, -0.25) is 0 Å². The molecule has 1 aliphatic heterocycles. The number of hydrogen-bond donors (Lipinski definition) is 2. The third kappa shape index (κ3) is 3.96. The second-order valence-corrected chi connectivity index (χ2v) is 5.99. The fourth-order valence-corrected chi connectivity index (χ4v) is 3.10. The summed E-state index contributed by atoms with van der Waals surface area (Å²) in [4.78, 5) is 1.51. The van der Waals surface area contributed by atoms with Gasteiger partial charge < -0.3 is 14.7 Å². The second-order valence-electron chi connectivity index (χ2n) is 5.99. The minimum Gasteiger partial charge on any atom is -0.491 e. The summed E-state index contributed by atoms with van der Waals surface area (Å²) in [5.74, 6) is 0.835. The molecule has 1 heterocycles. The van der Waals surface area contributed by atoms with E-state index in [2.05, 4.69) is 18.2 Å². The monoisotopic (exact) mass is 286 g/mol. The van der Waals surface area contributed by atoms with Gasteiger partial charge in [-0.05, 0) is 42.2 Å². The van der Waals surface area contributed by atoms with Crippen LogP contribution in [0.25, 0.3) is 10.8 Å². The summed E-state index contributed by atoms with van der Waals surface area (Å²) in [5.41, 5.74) is 0. The summed E-state index contributed by atoms with van der Waals surface area (Å²) in [7, 11) is 0. The van der Waals surface area contributed by atoms with E-state index < -0.39 is 0 Å². The first-order valence-electron chi connectivity index (χ1n) is 7.94. The van der Waals surface area contributed by atoms with E-state index >= 15 is 0 Å². The molecule has 2 N–H and O–H groups in total. The topological polar surface area (TPSA) is 33.9 Å². The second kappa shape index (κ2) is 6.92. The maximum atomic E-state index is 10.1. The molecule has 1 saturated heterocycles. The molecule has 112 valence electrons. The number of quaternary nitrogens is 1. The van der Waals surface area contributed by atoms with Crippen molar-refractivity contribution in [1.29, 1.82) is 0 Å². The van der Waals surface area contributed by atoms with Crippen LogP contribution in [0.4, 0.5) is 0 Å². The lowest BCUT2D eigenvalue weighted by Crippen LogP contribution is -3.14. The first-order valence-corrected chi connectivity index (χ1v) is 7.94. The van der Waals surface area contributed by atoms with Gasteiger partial charge in [-0.15, -0.1) is 0 Å². The number of ether oxygens (including phenoxy) is 1. The van der Waals surface area contributed by atoms with Crippen LogP contribution in [0.5, 0.6) is 5.75 Å². The highest BCUT2D eigenvalue weighted by Gasteiger charge is 2.18. The lowest BCUT2D eigenvalue weighted by atomic mass is 10.1. The Morgan fingerprint density at radius 3 is 2.57 bits per heavy atom. The maximum Gasteiger partial charge on any atom is 0.137 e. The number of nitrogens with one attached hydrogen (secondary N) is 1. The lowest BCUT2D eigenvalue weighted by molar-refractivity contribution is -0.908. The van der Waals surface area contributed by atoms with Crippen LogP contribution >= 0.6 is 0 Å². The molecule has 2 aromatic rings. The number of aliphatic hydroxyl groups excluding tert-OH is 1. The van der Waals surface area contributed by atoms with Gasteiger partial charge in [0.15, 0.2) is 0 Å². The van der Waals surface area contributed by atoms with Gasteiger partial charge in [0.25, 0.3) is 0 Å². The molecule has 0 radical (unpaired) electrons. The molecule has 3 heteroatoms. The zero-order valence-corrected chi connectivity index (χ0v) is 12.4. The normalized spacial score (nSPS) is 17.8. The van der Waals surface area contributed by atoms with E-state index in [0.717, 1.165) is 12.3 Å². The largest absolute Gasteiger partial charge is 0.491 e. The fraction of sp³-hybridized carbons (Fsp3) is 0.444. The molecular formula is C18H24NO2+. The number of likely N-dealkylation sites (tertiary alicyclic amines) is 1. The minimum atomic E-state index is -0.385. The van der Waals surface area contributed by atoms with Crippen LogP contribution in [-0.4, -0.2) is 37.5 Å². The van der Waals surface area contributed by atoms with Gasteiger partial charge in [-0.1, -0.05) is 30.3 Å². The van der Waals surface area contributed by atoms with Crippen LogP contribution in [0.2, 0.25) is 0 Å². The summed E-state index contributed by atoms with van der Waals surface area (Å²) in [5, 5.41) is 12.5. The standard InChI is InChI=1S/C18H23NO2/c20-17(13-19-10-4-1-5-11-19)14-21-18-9-8-15-6-2-3-7-16(15)12-18/h2-3,6-9,12,17,20H,1,4-5,10-11,13-14H2/p+1/t17-/m0/s1. The minimum absolute atomic E-state index is 0.377. The van der Waals surface area contributed by atoms with Crippen molar-refractivity contribution in [3.8, 4) is 5.75 Å². The quantitative estimate of drug-likeness (QED) is 0.876. The molecule has 0 unspecified atom stereocenters. The van der Waals surface area contributed by atoms with Crippen molar-refractivity contribution in [3.05, 3.63) is 42.5 Å². The molecule has 0 saturated carbocycles. The zero-order chi connectivity index (χ0) is 14.5. The van der Waals surface area contributed by atoms with Crippen LogP contribution in [0.1, 0.15) is 19.3 Å². The smallest absolute Gasteiger partial charge is 0.137 e. The SMILES string of the molecule is O[C@H](COc1ccc2ccccc2c1)C[NH+]1CCCCC1. The van der Waals surface area contributed by atoms with Crippen molar-refractivity contribution in [2.75, 3.05) is 26.2 Å². The predicted molar refractivity (Wildman–Crippen MR) is 84.9 cm³/mol. The van der Waals surface area contributed by atoms with Crippen molar-refractivity contribution in [1.82, 2.24) is 0 Å². The van der Waals surface area contributed by atoms with Crippen molar-refractivity contribution in [2.24, 2.45) is 0 Å². The summed E-state index contributed by atoms with van der Waals surface area (Å²) in [6.07, 6.45) is 3.53. The highest BCUT2D eigenvalue weighted by molar-refractivity contribution is 5.83. The summed E-state index contributed by atoms with van der Waals surface area (Å²) >= 11 is 0. The molecule has 0 bridgehead atoms. The van der Waals surface area contributed by atoms with Crippen LogP contribution in [-0.2, 0) is 0 Å². The van der Waals surface area contributed by atoms with Gasteiger partial charge in [0.2, 0.25) is 0 Å². The van der Waals surface area contributed by atoms with E-state index in [-0.39, 0.29) is 6.10 Å². The molecule has 0 amide bonds. The van der Waals surface area contributed by atoms with E-state index in [1.54, 1.807) is 0 Å². The highest BCUT2D eigenvalue weighted by atomic mass is 16.5. The number of hydrogen-bond acceptors (Lipinski definition) is 2. The summed E-state index contributed by atoms with van der Waals surface area (Å²) in [6, 6.07) is 14.3. The third-order valence-corrected chi connectivity index (χ3v) is 4.25. The molecule has 1 aliphatic rings. The zero-order valence-electron chi connectivity index (χ0n) is 12.4. The molecule has 3 nitrogen and oxygen atoms in total. The average Bonchev–Trinajstić information content (AvgIpc) is 2.54. The van der Waals surface area contributed by atoms with E-state index in [9.17, 15) is 5.11 Å². The average molecular weight is 286 g/mol. The van der Waals surface area contributed by atoms with Crippen LogP contribution in [0, 0.1) is 0 Å². The van der Waals surface area contributed by atoms with Gasteiger partial charge in [-0.2, -0.15) is 0 Å². The number of rotatable bonds is 5. The molecule has 0 aliphatic carbocycles. The molecule has 1 atom stereocenters. The first kappa shape index (κ1) is 14.4. The maximum absolute atomic E-state index is 10.1. The first-order chi connectivity index (χ1) is 10.3. The van der Waals surface area contributed by atoms with Gasteiger partial charge in [0.05, 0.1) is 13.1 Å². The lowest BCUT2D eigenvalue weighted by Gasteiger charge is -2.25. The Hall–Kier alpha value is -1.58. The van der Waals surface area contributed by atoms with Crippen LogP contribution < -0.4 is 9.64 Å². The predicted octanol–water partition coefficient (Wildman–Crippen LogP) is 1.65. The van der Waals surface area contributed by atoms with Crippen molar-refractivity contribution in [3.63, 3.8) is 0 Å². The van der Waals surface area contributed by atoms with Crippen LogP contribution in [0.15, 0.2) is 42.5 Å². The van der Waals surface area contributed by atoms with Crippen molar-refractivity contribution < 1.29 is 14.7 Å². The Bertz CT molecular complexity index is 578.